The fraction of sp³-hybridized carbons (Fsp3) is 0. The number of carbonyl (C=O) groups excluding carboxylic acids is 1. The third-order valence-electron chi connectivity index (χ3n) is 2.75. The summed E-state index contributed by atoms with van der Waals surface area (Å²) in [5.41, 5.74) is 0.745. The van der Waals surface area contributed by atoms with Crippen LogP contribution in [0.15, 0.2) is 55.1 Å². The third-order valence-corrected chi connectivity index (χ3v) is 2.75. The molecule has 0 atom stereocenters. The first-order valence-electron chi connectivity index (χ1n) is 6.11. The first kappa shape index (κ1) is 12.9. The Bertz CT molecular complexity index is 772. The van der Waals surface area contributed by atoms with Crippen molar-refractivity contribution >= 4 is 11.7 Å². The molecule has 2 heterocycles. The number of nitrogens with one attached hydrogen (secondary N) is 1. The molecule has 3 aromatic rings. The molecule has 0 bridgehead atoms. The third kappa shape index (κ3) is 2.76. The lowest BCUT2D eigenvalue weighted by Crippen LogP contribution is -2.16. The molecule has 0 aliphatic carbocycles. The number of hydrogen-bond donors (Lipinski definition) is 1. The molecule has 1 amide bonds. The van der Waals surface area contributed by atoms with Crippen LogP contribution in [-0.2, 0) is 0 Å². The summed E-state index contributed by atoms with van der Waals surface area (Å²) in [5.74, 6) is -0.351. The van der Waals surface area contributed by atoms with E-state index < -0.39 is 5.91 Å². The minimum Gasteiger partial charge on any atom is -0.305 e. The Morgan fingerprint density at radius 2 is 2.10 bits per heavy atom. The van der Waals surface area contributed by atoms with Gasteiger partial charge < -0.3 is 5.32 Å². The van der Waals surface area contributed by atoms with Gasteiger partial charge in [0.2, 0.25) is 0 Å². The van der Waals surface area contributed by atoms with Gasteiger partial charge in [-0.1, -0.05) is 6.07 Å². The fourth-order valence-electron chi connectivity index (χ4n) is 1.82. The molecule has 0 aliphatic heterocycles. The molecule has 1 N–H and O–H groups in total. The van der Waals surface area contributed by atoms with E-state index >= 15 is 0 Å². The average molecular weight is 283 g/mol. The number of amides is 1. The van der Waals surface area contributed by atoms with Gasteiger partial charge in [-0.3, -0.25) is 4.79 Å². The van der Waals surface area contributed by atoms with Crippen molar-refractivity contribution in [2.45, 2.75) is 0 Å². The summed E-state index contributed by atoms with van der Waals surface area (Å²) in [4.78, 5) is 19.7. The van der Waals surface area contributed by atoms with Crippen LogP contribution in [0.2, 0.25) is 0 Å². The Balaban J connectivity index is 1.88. The van der Waals surface area contributed by atoms with Gasteiger partial charge in [-0.25, -0.2) is 19.0 Å². The SMILES string of the molecule is O=C(Nc1ccnn1-c1cccc(F)c1)c1ccncn1. The summed E-state index contributed by atoms with van der Waals surface area (Å²) in [5, 5.41) is 6.75. The molecule has 0 aliphatic rings. The summed E-state index contributed by atoms with van der Waals surface area (Å²) >= 11 is 0. The topological polar surface area (TPSA) is 72.7 Å². The average Bonchev–Trinajstić information content (AvgIpc) is 2.96. The van der Waals surface area contributed by atoms with Gasteiger partial charge in [-0.15, -0.1) is 0 Å². The zero-order chi connectivity index (χ0) is 14.7. The Hall–Kier alpha value is -3.09. The molecular weight excluding hydrogens is 273 g/mol. The molecule has 2 aromatic heterocycles. The Morgan fingerprint density at radius 3 is 2.86 bits per heavy atom. The summed E-state index contributed by atoms with van der Waals surface area (Å²) in [6.45, 7) is 0. The largest absolute Gasteiger partial charge is 0.305 e. The monoisotopic (exact) mass is 283 g/mol. The van der Waals surface area contributed by atoms with Crippen molar-refractivity contribution in [1.29, 1.82) is 0 Å². The zero-order valence-corrected chi connectivity index (χ0v) is 10.8. The minimum atomic E-state index is -0.393. The highest BCUT2D eigenvalue weighted by atomic mass is 19.1. The predicted molar refractivity (Wildman–Crippen MR) is 73.5 cm³/mol. The molecule has 0 saturated heterocycles. The molecule has 104 valence electrons. The Morgan fingerprint density at radius 1 is 1.19 bits per heavy atom. The van der Waals surface area contributed by atoms with Crippen molar-refractivity contribution in [3.63, 3.8) is 0 Å². The number of nitrogens with zero attached hydrogens (tertiary/aromatic N) is 4. The van der Waals surface area contributed by atoms with E-state index in [4.69, 9.17) is 0 Å². The van der Waals surface area contributed by atoms with Crippen molar-refractivity contribution < 1.29 is 9.18 Å². The molecule has 0 saturated carbocycles. The van der Waals surface area contributed by atoms with Crippen molar-refractivity contribution in [1.82, 2.24) is 19.7 Å². The first-order chi connectivity index (χ1) is 10.2. The van der Waals surface area contributed by atoms with Crippen LogP contribution in [-0.4, -0.2) is 25.7 Å². The fourth-order valence-corrected chi connectivity index (χ4v) is 1.82. The van der Waals surface area contributed by atoms with Crippen LogP contribution in [0.25, 0.3) is 5.69 Å². The van der Waals surface area contributed by atoms with Crippen molar-refractivity contribution in [3.8, 4) is 5.69 Å². The number of carbonyl (C=O) groups is 1. The summed E-state index contributed by atoms with van der Waals surface area (Å²) in [6, 6.07) is 9.04. The van der Waals surface area contributed by atoms with Crippen molar-refractivity contribution in [2.75, 3.05) is 5.32 Å². The molecular formula is C14H10FN5O. The van der Waals surface area contributed by atoms with E-state index in [1.165, 1.54) is 41.6 Å². The molecule has 0 unspecified atom stereocenters. The lowest BCUT2D eigenvalue weighted by atomic mass is 10.3. The van der Waals surface area contributed by atoms with Crippen molar-refractivity contribution in [2.24, 2.45) is 0 Å². The van der Waals surface area contributed by atoms with E-state index in [0.29, 0.717) is 11.5 Å². The second-order valence-corrected chi connectivity index (χ2v) is 4.16. The van der Waals surface area contributed by atoms with E-state index in [0.717, 1.165) is 0 Å². The van der Waals surface area contributed by atoms with Crippen LogP contribution in [0, 0.1) is 5.82 Å². The van der Waals surface area contributed by atoms with Gasteiger partial charge in [0.15, 0.2) is 0 Å². The van der Waals surface area contributed by atoms with Crippen LogP contribution in [0.4, 0.5) is 10.2 Å². The molecule has 0 fully saturated rings. The summed E-state index contributed by atoms with van der Waals surface area (Å²) in [7, 11) is 0. The number of hydrogen-bond acceptors (Lipinski definition) is 4. The first-order valence-corrected chi connectivity index (χ1v) is 6.11. The van der Waals surface area contributed by atoms with Gasteiger partial charge in [-0.2, -0.15) is 5.10 Å². The van der Waals surface area contributed by atoms with E-state index in [-0.39, 0.29) is 11.5 Å². The van der Waals surface area contributed by atoms with Gasteiger partial charge in [0.1, 0.15) is 23.7 Å². The number of benzene rings is 1. The van der Waals surface area contributed by atoms with Crippen LogP contribution in [0.1, 0.15) is 10.5 Å². The highest BCUT2D eigenvalue weighted by Crippen LogP contribution is 2.16. The van der Waals surface area contributed by atoms with Gasteiger partial charge in [0.25, 0.3) is 5.91 Å². The molecule has 0 radical (unpaired) electrons. The maximum Gasteiger partial charge on any atom is 0.275 e. The maximum atomic E-state index is 13.3. The second kappa shape index (κ2) is 5.49. The molecule has 1 aromatic carbocycles. The predicted octanol–water partition coefficient (Wildman–Crippen LogP) is 2.05. The molecule has 6 nitrogen and oxygen atoms in total. The van der Waals surface area contributed by atoms with Crippen LogP contribution < -0.4 is 5.32 Å². The quantitative estimate of drug-likeness (QED) is 0.798. The highest BCUT2D eigenvalue weighted by molar-refractivity contribution is 6.02. The number of aromatic nitrogens is 4. The molecule has 3 rings (SSSR count). The van der Waals surface area contributed by atoms with Gasteiger partial charge in [-0.05, 0) is 24.3 Å². The van der Waals surface area contributed by atoms with Crippen LogP contribution in [0.5, 0.6) is 0 Å². The van der Waals surface area contributed by atoms with Crippen molar-refractivity contribution in [3.05, 3.63) is 66.6 Å². The smallest absolute Gasteiger partial charge is 0.275 e. The summed E-state index contributed by atoms with van der Waals surface area (Å²) < 4.78 is 14.7. The normalized spacial score (nSPS) is 10.3. The lowest BCUT2D eigenvalue weighted by molar-refractivity contribution is 0.102. The zero-order valence-electron chi connectivity index (χ0n) is 10.8. The molecule has 0 spiro atoms. The van der Waals surface area contributed by atoms with Crippen LogP contribution >= 0.6 is 0 Å². The van der Waals surface area contributed by atoms with E-state index in [2.05, 4.69) is 20.4 Å². The standard InChI is InChI=1S/C14H10FN5O/c15-10-2-1-3-11(8-10)20-13(5-7-18-20)19-14(21)12-4-6-16-9-17-12/h1-9H,(H,19,21). The maximum absolute atomic E-state index is 13.3. The summed E-state index contributed by atoms with van der Waals surface area (Å²) in [6.07, 6.45) is 4.28. The number of halogens is 1. The van der Waals surface area contributed by atoms with Crippen LogP contribution in [0.3, 0.4) is 0 Å². The lowest BCUT2D eigenvalue weighted by Gasteiger charge is -2.08. The van der Waals surface area contributed by atoms with Gasteiger partial charge >= 0.3 is 0 Å². The molecule has 7 heteroatoms. The minimum absolute atomic E-state index is 0.233. The Labute approximate surface area is 119 Å². The van der Waals surface area contributed by atoms with E-state index in [9.17, 15) is 9.18 Å². The van der Waals surface area contributed by atoms with Gasteiger partial charge in [0, 0.05) is 12.3 Å². The van der Waals surface area contributed by atoms with Gasteiger partial charge in [0.05, 0.1) is 11.9 Å². The van der Waals surface area contributed by atoms with E-state index in [1.54, 1.807) is 18.2 Å². The second-order valence-electron chi connectivity index (χ2n) is 4.16. The number of anilines is 1. The number of rotatable bonds is 3. The highest BCUT2D eigenvalue weighted by Gasteiger charge is 2.11. The van der Waals surface area contributed by atoms with E-state index in [1.807, 2.05) is 0 Å². The molecule has 21 heavy (non-hydrogen) atoms. The Kier molecular flexibility index (Phi) is 3.38.